The van der Waals surface area contributed by atoms with Gasteiger partial charge in [0.05, 0.1) is 16.8 Å². The van der Waals surface area contributed by atoms with Crippen LogP contribution >= 0.6 is 46.5 Å². The van der Waals surface area contributed by atoms with E-state index < -0.39 is 0 Å². The Morgan fingerprint density at radius 3 is 2.87 bits per heavy atom. The van der Waals surface area contributed by atoms with Crippen LogP contribution in [-0.2, 0) is 5.88 Å². The molecule has 3 atom stereocenters. The molecule has 0 spiro atoms. The van der Waals surface area contributed by atoms with E-state index in [2.05, 4.69) is 47.7 Å². The van der Waals surface area contributed by atoms with Crippen molar-refractivity contribution in [2.75, 3.05) is 5.75 Å². The van der Waals surface area contributed by atoms with Crippen LogP contribution in [0.2, 0.25) is 0 Å². The number of aromatic nitrogens is 1. The van der Waals surface area contributed by atoms with E-state index in [9.17, 15) is 0 Å². The molecule has 0 aliphatic carbocycles. The smallest absolute Gasteiger partial charge is 0.107 e. The average molecular weight is 280 g/mol. The first-order valence-corrected chi connectivity index (χ1v) is 8.38. The second-order valence-electron chi connectivity index (χ2n) is 3.68. The van der Waals surface area contributed by atoms with Crippen molar-refractivity contribution in [2.45, 2.75) is 35.5 Å². The molecule has 1 aromatic rings. The minimum Gasteiger partial charge on any atom is -0.244 e. The van der Waals surface area contributed by atoms with Gasteiger partial charge in [-0.15, -0.1) is 34.7 Å². The van der Waals surface area contributed by atoms with Crippen LogP contribution < -0.4 is 0 Å². The van der Waals surface area contributed by atoms with Crippen molar-refractivity contribution in [1.29, 1.82) is 0 Å². The molecule has 1 saturated heterocycles. The summed E-state index contributed by atoms with van der Waals surface area (Å²) in [5.74, 6) is 1.72. The number of alkyl halides is 1. The van der Waals surface area contributed by atoms with Crippen LogP contribution in [0.4, 0.5) is 0 Å². The van der Waals surface area contributed by atoms with E-state index in [1.54, 1.807) is 11.3 Å². The molecule has 1 aromatic heterocycles. The number of nitrogens with zero attached hydrogens (tertiary/aromatic N) is 1. The first kappa shape index (κ1) is 12.1. The van der Waals surface area contributed by atoms with Crippen LogP contribution in [-0.4, -0.2) is 21.2 Å². The summed E-state index contributed by atoms with van der Waals surface area (Å²) in [6.45, 7) is 4.62. The van der Waals surface area contributed by atoms with Gasteiger partial charge >= 0.3 is 0 Å². The fourth-order valence-corrected chi connectivity index (χ4v) is 5.70. The van der Waals surface area contributed by atoms with Crippen LogP contribution in [0, 0.1) is 0 Å². The highest BCUT2D eigenvalue weighted by molar-refractivity contribution is 8.07. The zero-order valence-electron chi connectivity index (χ0n) is 8.77. The Labute approximate surface area is 108 Å². The maximum atomic E-state index is 5.76. The van der Waals surface area contributed by atoms with Gasteiger partial charge in [0, 0.05) is 21.6 Å². The molecule has 0 bridgehead atoms. The number of thioether (sulfide) groups is 2. The Morgan fingerprint density at radius 2 is 2.27 bits per heavy atom. The summed E-state index contributed by atoms with van der Waals surface area (Å²) in [6, 6.07) is 0. The predicted molar refractivity (Wildman–Crippen MR) is 73.4 cm³/mol. The van der Waals surface area contributed by atoms with E-state index in [1.807, 2.05) is 0 Å². The summed E-state index contributed by atoms with van der Waals surface area (Å²) in [5, 5.41) is 5.39. The van der Waals surface area contributed by atoms with E-state index in [0.29, 0.717) is 11.1 Å². The Hall–Kier alpha value is 0.620. The maximum Gasteiger partial charge on any atom is 0.107 e. The Kier molecular flexibility index (Phi) is 4.27. The van der Waals surface area contributed by atoms with E-state index in [-0.39, 0.29) is 0 Å². The minimum absolute atomic E-state index is 0.535. The number of thiazole rings is 1. The largest absolute Gasteiger partial charge is 0.244 e. The monoisotopic (exact) mass is 279 g/mol. The lowest BCUT2D eigenvalue weighted by Crippen LogP contribution is -2.21. The number of hydrogen-bond donors (Lipinski definition) is 0. The average Bonchev–Trinajstić information content (AvgIpc) is 2.70. The molecule has 1 aliphatic rings. The van der Waals surface area contributed by atoms with E-state index >= 15 is 0 Å². The molecular weight excluding hydrogens is 266 g/mol. The molecular formula is C10H14ClNS3. The van der Waals surface area contributed by atoms with E-state index in [1.165, 1.54) is 10.8 Å². The second kappa shape index (κ2) is 5.30. The molecule has 15 heavy (non-hydrogen) atoms. The number of rotatable bonds is 2. The summed E-state index contributed by atoms with van der Waals surface area (Å²) < 4.78 is 0. The Balaban J connectivity index is 2.05. The molecule has 1 nitrogen and oxygen atoms in total. The van der Waals surface area contributed by atoms with Gasteiger partial charge in [-0.2, -0.15) is 11.8 Å². The van der Waals surface area contributed by atoms with Crippen molar-refractivity contribution in [1.82, 2.24) is 4.98 Å². The van der Waals surface area contributed by atoms with Crippen LogP contribution in [0.5, 0.6) is 0 Å². The SMILES string of the molecule is CC1SCC(c2nc(CCl)cs2)SC1C. The quantitative estimate of drug-likeness (QED) is 0.754. The Bertz CT molecular complexity index is 328. The van der Waals surface area contributed by atoms with Gasteiger partial charge in [0.15, 0.2) is 0 Å². The predicted octanol–water partition coefficient (Wildman–Crippen LogP) is 4.18. The van der Waals surface area contributed by atoms with Crippen molar-refractivity contribution in [3.63, 3.8) is 0 Å². The highest BCUT2D eigenvalue weighted by atomic mass is 35.5. The van der Waals surface area contributed by atoms with Gasteiger partial charge in [0.1, 0.15) is 5.01 Å². The van der Waals surface area contributed by atoms with E-state index in [4.69, 9.17) is 11.6 Å². The van der Waals surface area contributed by atoms with Gasteiger partial charge in [0.25, 0.3) is 0 Å². The summed E-state index contributed by atoms with van der Waals surface area (Å²) in [5.41, 5.74) is 1.02. The van der Waals surface area contributed by atoms with Gasteiger partial charge in [-0.05, 0) is 0 Å². The maximum absolute atomic E-state index is 5.76. The first-order chi connectivity index (χ1) is 7.20. The number of halogens is 1. The summed E-state index contributed by atoms with van der Waals surface area (Å²) in [6.07, 6.45) is 0. The van der Waals surface area contributed by atoms with Crippen LogP contribution in [0.15, 0.2) is 5.38 Å². The third kappa shape index (κ3) is 2.84. The minimum atomic E-state index is 0.535. The van der Waals surface area contributed by atoms with Crippen molar-refractivity contribution in [2.24, 2.45) is 0 Å². The topological polar surface area (TPSA) is 12.9 Å². The molecule has 2 rings (SSSR count). The zero-order valence-corrected chi connectivity index (χ0v) is 12.0. The molecule has 84 valence electrons. The molecule has 0 saturated carbocycles. The first-order valence-electron chi connectivity index (χ1n) is 4.98. The van der Waals surface area contributed by atoms with E-state index in [0.717, 1.165) is 16.2 Å². The van der Waals surface area contributed by atoms with Gasteiger partial charge in [-0.25, -0.2) is 4.98 Å². The summed E-state index contributed by atoms with van der Waals surface area (Å²) in [7, 11) is 0. The lowest BCUT2D eigenvalue weighted by Gasteiger charge is -2.30. The highest BCUT2D eigenvalue weighted by Gasteiger charge is 2.28. The molecule has 2 heterocycles. The summed E-state index contributed by atoms with van der Waals surface area (Å²) in [4.78, 5) is 4.56. The second-order valence-corrected chi connectivity index (χ2v) is 7.83. The normalized spacial score (nSPS) is 31.8. The lowest BCUT2D eigenvalue weighted by molar-refractivity contribution is 0.889. The van der Waals surface area contributed by atoms with Crippen LogP contribution in [0.25, 0.3) is 0 Å². The van der Waals surface area contributed by atoms with Crippen LogP contribution in [0.3, 0.4) is 0 Å². The molecule has 5 heteroatoms. The van der Waals surface area contributed by atoms with Gasteiger partial charge < -0.3 is 0 Å². The highest BCUT2D eigenvalue weighted by Crippen LogP contribution is 2.44. The molecule has 1 fully saturated rings. The lowest BCUT2D eigenvalue weighted by atomic mass is 10.4. The summed E-state index contributed by atoms with van der Waals surface area (Å²) >= 11 is 11.6. The molecule has 3 unspecified atom stereocenters. The third-order valence-electron chi connectivity index (χ3n) is 2.53. The molecule has 0 N–H and O–H groups in total. The van der Waals surface area contributed by atoms with Crippen molar-refractivity contribution in [3.05, 3.63) is 16.1 Å². The van der Waals surface area contributed by atoms with Crippen molar-refractivity contribution in [3.8, 4) is 0 Å². The number of hydrogen-bond acceptors (Lipinski definition) is 4. The fraction of sp³-hybridized carbons (Fsp3) is 0.700. The van der Waals surface area contributed by atoms with Gasteiger partial charge in [-0.1, -0.05) is 13.8 Å². The van der Waals surface area contributed by atoms with Gasteiger partial charge in [0.2, 0.25) is 0 Å². The zero-order chi connectivity index (χ0) is 10.8. The Morgan fingerprint density at radius 1 is 1.47 bits per heavy atom. The molecule has 0 amide bonds. The van der Waals surface area contributed by atoms with Crippen LogP contribution in [0.1, 0.15) is 29.8 Å². The third-order valence-corrected chi connectivity index (χ3v) is 7.36. The van der Waals surface area contributed by atoms with Crippen molar-refractivity contribution >= 4 is 46.5 Å². The fourth-order valence-electron chi connectivity index (χ4n) is 1.45. The molecule has 1 aliphatic heterocycles. The standard InChI is InChI=1S/C10H14ClNS3/c1-6-7(2)15-9(5-13-6)10-12-8(3-11)4-14-10/h4,6-7,9H,3,5H2,1-2H3. The molecule has 0 radical (unpaired) electrons. The molecule has 0 aromatic carbocycles. The van der Waals surface area contributed by atoms with Crippen molar-refractivity contribution < 1.29 is 0 Å². The van der Waals surface area contributed by atoms with Gasteiger partial charge in [-0.3, -0.25) is 0 Å².